The van der Waals surface area contributed by atoms with Crippen molar-refractivity contribution in [2.24, 2.45) is 10.2 Å². The molecule has 9 nitrogen and oxygen atoms in total. The molecule has 0 fully saturated rings. The SMILES string of the molecule is Cc1cc(C)cc(OCC(=O)N=Nc2c(O)[nH]c(=O)[nH]c2=O)c1. The summed E-state index contributed by atoms with van der Waals surface area (Å²) in [5, 5.41) is 16.0. The first-order chi connectivity index (χ1) is 10.8. The maximum atomic E-state index is 11.6. The van der Waals surface area contributed by atoms with Crippen molar-refractivity contribution in [3.8, 4) is 11.6 Å². The van der Waals surface area contributed by atoms with Crippen LogP contribution in [0.3, 0.4) is 0 Å². The maximum Gasteiger partial charge on any atom is 0.328 e. The molecule has 0 saturated heterocycles. The van der Waals surface area contributed by atoms with Crippen LogP contribution in [-0.2, 0) is 4.79 Å². The van der Waals surface area contributed by atoms with Crippen molar-refractivity contribution in [1.82, 2.24) is 9.97 Å². The van der Waals surface area contributed by atoms with Gasteiger partial charge < -0.3 is 9.84 Å². The minimum absolute atomic E-state index is 0.381. The summed E-state index contributed by atoms with van der Waals surface area (Å²) in [6, 6.07) is 5.48. The highest BCUT2D eigenvalue weighted by Crippen LogP contribution is 2.17. The van der Waals surface area contributed by atoms with Gasteiger partial charge in [0.25, 0.3) is 5.56 Å². The van der Waals surface area contributed by atoms with E-state index in [1.807, 2.05) is 29.9 Å². The van der Waals surface area contributed by atoms with E-state index in [9.17, 15) is 19.5 Å². The Morgan fingerprint density at radius 1 is 1.17 bits per heavy atom. The van der Waals surface area contributed by atoms with Crippen LogP contribution in [0.4, 0.5) is 5.69 Å². The van der Waals surface area contributed by atoms with Crippen LogP contribution in [0.25, 0.3) is 0 Å². The van der Waals surface area contributed by atoms with Gasteiger partial charge in [-0.15, -0.1) is 10.2 Å². The van der Waals surface area contributed by atoms with Gasteiger partial charge in [0.1, 0.15) is 5.75 Å². The van der Waals surface area contributed by atoms with Crippen LogP contribution in [0.5, 0.6) is 11.6 Å². The van der Waals surface area contributed by atoms with Crippen LogP contribution in [0.2, 0.25) is 0 Å². The zero-order chi connectivity index (χ0) is 17.0. The fraction of sp³-hybridized carbons (Fsp3) is 0.214. The van der Waals surface area contributed by atoms with Crippen LogP contribution >= 0.6 is 0 Å². The number of aryl methyl sites for hydroxylation is 2. The summed E-state index contributed by atoms with van der Waals surface area (Å²) >= 11 is 0. The quantitative estimate of drug-likeness (QED) is 0.724. The Kier molecular flexibility index (Phi) is 4.69. The second kappa shape index (κ2) is 6.69. The third kappa shape index (κ3) is 4.37. The van der Waals surface area contributed by atoms with E-state index >= 15 is 0 Å². The maximum absolute atomic E-state index is 11.6. The normalized spacial score (nSPS) is 10.9. The van der Waals surface area contributed by atoms with Crippen LogP contribution in [0, 0.1) is 13.8 Å². The number of carbonyl (C=O) groups excluding carboxylic acids is 1. The van der Waals surface area contributed by atoms with Gasteiger partial charge in [-0.1, -0.05) is 6.07 Å². The van der Waals surface area contributed by atoms with Gasteiger partial charge in [-0.3, -0.25) is 19.6 Å². The molecule has 2 aromatic rings. The van der Waals surface area contributed by atoms with Gasteiger partial charge in [0.15, 0.2) is 6.61 Å². The number of nitrogens with one attached hydrogen (secondary N) is 2. The Morgan fingerprint density at radius 3 is 2.43 bits per heavy atom. The van der Waals surface area contributed by atoms with Gasteiger partial charge in [-0.25, -0.2) is 4.79 Å². The van der Waals surface area contributed by atoms with Gasteiger partial charge in [0.05, 0.1) is 0 Å². The number of aromatic hydroxyl groups is 1. The molecule has 120 valence electrons. The number of azo groups is 1. The number of benzene rings is 1. The van der Waals surface area contributed by atoms with Crippen LogP contribution < -0.4 is 16.0 Å². The van der Waals surface area contributed by atoms with E-state index in [0.717, 1.165) is 11.1 Å². The molecule has 1 heterocycles. The molecule has 1 aromatic carbocycles. The molecule has 1 aromatic heterocycles. The van der Waals surface area contributed by atoms with Crippen LogP contribution in [0.1, 0.15) is 11.1 Å². The summed E-state index contributed by atoms with van der Waals surface area (Å²) < 4.78 is 5.29. The number of ether oxygens (including phenoxy) is 1. The first-order valence-corrected chi connectivity index (χ1v) is 6.56. The molecule has 1 amide bonds. The van der Waals surface area contributed by atoms with Crippen molar-refractivity contribution < 1.29 is 14.6 Å². The zero-order valence-electron chi connectivity index (χ0n) is 12.4. The molecule has 0 unspecified atom stereocenters. The van der Waals surface area contributed by atoms with Crippen molar-refractivity contribution in [2.45, 2.75) is 13.8 Å². The number of nitrogens with zero attached hydrogens (tertiary/aromatic N) is 2. The third-order valence-electron chi connectivity index (χ3n) is 2.72. The van der Waals surface area contributed by atoms with Gasteiger partial charge in [-0.05, 0) is 37.1 Å². The summed E-state index contributed by atoms with van der Waals surface area (Å²) in [6.45, 7) is 3.41. The summed E-state index contributed by atoms with van der Waals surface area (Å²) in [4.78, 5) is 37.7. The van der Waals surface area contributed by atoms with E-state index in [1.54, 1.807) is 12.1 Å². The summed E-state index contributed by atoms with van der Waals surface area (Å²) in [5.41, 5.74) is -0.448. The average Bonchev–Trinajstić information content (AvgIpc) is 2.43. The number of carbonyl (C=O) groups is 1. The lowest BCUT2D eigenvalue weighted by molar-refractivity contribution is -0.120. The zero-order valence-corrected chi connectivity index (χ0v) is 12.4. The second-order valence-corrected chi connectivity index (χ2v) is 4.81. The molecule has 3 N–H and O–H groups in total. The Morgan fingerprint density at radius 2 is 1.83 bits per heavy atom. The molecule has 23 heavy (non-hydrogen) atoms. The molecule has 2 rings (SSSR count). The Labute approximate surface area is 129 Å². The number of hydrogen-bond donors (Lipinski definition) is 3. The summed E-state index contributed by atoms with van der Waals surface area (Å²) in [7, 11) is 0. The van der Waals surface area contributed by atoms with Gasteiger partial charge in [0.2, 0.25) is 11.6 Å². The molecule has 0 aliphatic carbocycles. The molecule has 0 atom stereocenters. The lowest BCUT2D eigenvalue weighted by Gasteiger charge is -2.05. The smallest absolute Gasteiger partial charge is 0.328 e. The van der Waals surface area contributed by atoms with Crippen molar-refractivity contribution >= 4 is 11.6 Å². The molecule has 0 aliphatic rings. The number of hydrogen-bond acceptors (Lipinski definition) is 6. The monoisotopic (exact) mass is 318 g/mol. The summed E-state index contributed by atoms with van der Waals surface area (Å²) in [5.74, 6) is -1.02. The molecule has 0 spiro atoms. The summed E-state index contributed by atoms with van der Waals surface area (Å²) in [6.07, 6.45) is 0. The number of H-pyrrole nitrogens is 2. The second-order valence-electron chi connectivity index (χ2n) is 4.81. The molecule has 0 radical (unpaired) electrons. The highest BCUT2D eigenvalue weighted by atomic mass is 16.5. The first-order valence-electron chi connectivity index (χ1n) is 6.56. The number of aromatic nitrogens is 2. The molecular formula is C14H14N4O5. The van der Waals surface area contributed by atoms with Crippen molar-refractivity contribution in [3.05, 3.63) is 50.2 Å². The minimum atomic E-state index is -0.960. The van der Waals surface area contributed by atoms with E-state index in [-0.39, 0.29) is 6.61 Å². The lowest BCUT2D eigenvalue weighted by Crippen LogP contribution is -2.21. The molecular weight excluding hydrogens is 304 g/mol. The van der Waals surface area contributed by atoms with Crippen LogP contribution in [-0.4, -0.2) is 27.6 Å². The van der Waals surface area contributed by atoms with Crippen LogP contribution in [0.15, 0.2) is 38.0 Å². The molecule has 0 bridgehead atoms. The fourth-order valence-corrected chi connectivity index (χ4v) is 1.86. The van der Waals surface area contributed by atoms with E-state index in [1.165, 1.54) is 0 Å². The van der Waals surface area contributed by atoms with E-state index in [0.29, 0.717) is 5.75 Å². The van der Waals surface area contributed by atoms with Gasteiger partial charge in [-0.2, -0.15) is 0 Å². The van der Waals surface area contributed by atoms with Crippen molar-refractivity contribution in [3.63, 3.8) is 0 Å². The topological polar surface area (TPSA) is 137 Å². The highest BCUT2D eigenvalue weighted by Gasteiger charge is 2.09. The van der Waals surface area contributed by atoms with E-state index < -0.39 is 28.7 Å². The molecule has 0 aliphatic heterocycles. The van der Waals surface area contributed by atoms with Crippen molar-refractivity contribution in [1.29, 1.82) is 0 Å². The van der Waals surface area contributed by atoms with Crippen molar-refractivity contribution in [2.75, 3.05) is 6.61 Å². The van der Waals surface area contributed by atoms with E-state index in [2.05, 4.69) is 10.2 Å². The highest BCUT2D eigenvalue weighted by molar-refractivity contribution is 5.78. The standard InChI is InChI=1S/C14H14N4O5/c1-7-3-8(2)5-9(4-7)23-6-10(19)17-18-11-12(20)15-14(22)16-13(11)21/h3-5H,6H2,1-2H3,(H3,15,16,20,21,22). The number of rotatable bonds is 4. The predicted octanol–water partition coefficient (Wildman–Crippen LogP) is 1.07. The minimum Gasteiger partial charge on any atom is -0.493 e. The Hall–Kier alpha value is -3.23. The molecule has 9 heteroatoms. The third-order valence-corrected chi connectivity index (χ3v) is 2.72. The first kappa shape index (κ1) is 16.1. The Bertz CT molecular complexity index is 861. The largest absolute Gasteiger partial charge is 0.493 e. The fourth-order valence-electron chi connectivity index (χ4n) is 1.86. The number of aromatic amines is 2. The van der Waals surface area contributed by atoms with Gasteiger partial charge in [0, 0.05) is 0 Å². The lowest BCUT2D eigenvalue weighted by atomic mass is 10.1. The average molecular weight is 318 g/mol. The molecule has 0 saturated carbocycles. The predicted molar refractivity (Wildman–Crippen MR) is 80.3 cm³/mol. The van der Waals surface area contributed by atoms with E-state index in [4.69, 9.17) is 4.74 Å². The number of amides is 1. The van der Waals surface area contributed by atoms with Gasteiger partial charge >= 0.3 is 11.6 Å². The Balaban J connectivity index is 2.05.